The Hall–Kier alpha value is -1.10. The molecule has 4 aliphatic rings. The van der Waals surface area contributed by atoms with Crippen molar-refractivity contribution in [2.75, 3.05) is 19.8 Å². The second-order valence-corrected chi connectivity index (χ2v) is 11.8. The normalized spacial score (nSPS) is 43.8. The van der Waals surface area contributed by atoms with E-state index in [2.05, 4.69) is 31.3 Å². The van der Waals surface area contributed by atoms with Crippen molar-refractivity contribution < 1.29 is 9.53 Å². The standard InChI is InChI=1S/C27H47N3O2/c1-5-27-14-11-19(17-32-6-2)15-20(27)7-8-21-22-9-10-24(25(31)16-29-30-18(3)28)26(22,4)13-12-23(21)27/h19-24,29H,5-17H2,1-4H3,(H2,28,30). The Bertz CT molecular complexity index is 705. The zero-order valence-corrected chi connectivity index (χ0v) is 21.0. The molecule has 8 atom stereocenters. The Morgan fingerprint density at radius 1 is 1.09 bits per heavy atom. The molecule has 8 unspecified atom stereocenters. The van der Waals surface area contributed by atoms with Gasteiger partial charge in [-0.2, -0.15) is 5.10 Å². The predicted molar refractivity (Wildman–Crippen MR) is 130 cm³/mol. The van der Waals surface area contributed by atoms with Crippen LogP contribution >= 0.6 is 0 Å². The molecule has 0 aromatic heterocycles. The van der Waals surface area contributed by atoms with Crippen LogP contribution in [0.3, 0.4) is 0 Å². The van der Waals surface area contributed by atoms with Gasteiger partial charge < -0.3 is 15.9 Å². The Balaban J connectivity index is 1.47. The summed E-state index contributed by atoms with van der Waals surface area (Å²) in [4.78, 5) is 13.1. The molecule has 32 heavy (non-hydrogen) atoms. The lowest BCUT2D eigenvalue weighted by molar-refractivity contribution is -0.142. The first-order chi connectivity index (χ1) is 15.4. The molecule has 4 rings (SSSR count). The number of ether oxygens (including phenoxy) is 1. The van der Waals surface area contributed by atoms with Crippen molar-refractivity contribution in [3.63, 3.8) is 0 Å². The number of rotatable bonds is 8. The second-order valence-electron chi connectivity index (χ2n) is 11.8. The van der Waals surface area contributed by atoms with Gasteiger partial charge in [0.25, 0.3) is 0 Å². The first-order valence-electron chi connectivity index (χ1n) is 13.5. The van der Waals surface area contributed by atoms with E-state index in [9.17, 15) is 4.79 Å². The van der Waals surface area contributed by atoms with Crippen LogP contribution in [0.15, 0.2) is 5.10 Å². The van der Waals surface area contributed by atoms with Crippen molar-refractivity contribution >= 4 is 11.6 Å². The number of hydrogen-bond acceptors (Lipinski definition) is 4. The number of fused-ring (bicyclic) bond motifs is 5. The van der Waals surface area contributed by atoms with Gasteiger partial charge in [0.2, 0.25) is 0 Å². The number of nitrogens with zero attached hydrogens (tertiary/aromatic N) is 1. The van der Waals surface area contributed by atoms with Gasteiger partial charge in [-0.3, -0.25) is 4.79 Å². The van der Waals surface area contributed by atoms with E-state index in [4.69, 9.17) is 10.5 Å². The molecule has 0 saturated heterocycles. The Kier molecular flexibility index (Phi) is 7.24. The van der Waals surface area contributed by atoms with Crippen LogP contribution in [0.25, 0.3) is 0 Å². The number of hydrogen-bond donors (Lipinski definition) is 2. The minimum Gasteiger partial charge on any atom is -0.386 e. The summed E-state index contributed by atoms with van der Waals surface area (Å²) in [6, 6.07) is 0. The van der Waals surface area contributed by atoms with Crippen LogP contribution in [0.1, 0.15) is 91.9 Å². The van der Waals surface area contributed by atoms with Crippen LogP contribution in [0.5, 0.6) is 0 Å². The molecule has 0 aromatic rings. The molecule has 4 saturated carbocycles. The SMILES string of the molecule is CCOCC1CCC2(CC)C(CCC3C4CCC(C(=O)CN/N=C(/C)N)C4(C)CCC32)C1. The fourth-order valence-corrected chi connectivity index (χ4v) is 9.18. The van der Waals surface area contributed by atoms with Crippen LogP contribution < -0.4 is 11.2 Å². The molecule has 4 aliphatic carbocycles. The molecule has 0 aliphatic heterocycles. The van der Waals surface area contributed by atoms with Crippen LogP contribution in [-0.2, 0) is 9.53 Å². The number of carbonyl (C=O) groups is 1. The Morgan fingerprint density at radius 2 is 1.91 bits per heavy atom. The molecule has 0 radical (unpaired) electrons. The maximum absolute atomic E-state index is 13.1. The molecule has 4 fully saturated rings. The van der Waals surface area contributed by atoms with Crippen molar-refractivity contribution in [1.29, 1.82) is 0 Å². The van der Waals surface area contributed by atoms with Crippen LogP contribution in [0, 0.1) is 46.3 Å². The molecule has 5 heteroatoms. The van der Waals surface area contributed by atoms with Gasteiger partial charge in [-0.05, 0) is 118 Å². The van der Waals surface area contributed by atoms with E-state index >= 15 is 0 Å². The molecule has 3 N–H and O–H groups in total. The summed E-state index contributed by atoms with van der Waals surface area (Å²) < 4.78 is 5.82. The van der Waals surface area contributed by atoms with Gasteiger partial charge in [0.05, 0.1) is 6.54 Å². The molecule has 0 heterocycles. The number of Topliss-reactive ketones (excluding diaryl/α,β-unsaturated/α-hetero) is 1. The van der Waals surface area contributed by atoms with Gasteiger partial charge in [0.1, 0.15) is 5.84 Å². The molecule has 0 spiro atoms. The highest BCUT2D eigenvalue weighted by atomic mass is 16.5. The van der Waals surface area contributed by atoms with Crippen LogP contribution in [0.2, 0.25) is 0 Å². The van der Waals surface area contributed by atoms with Gasteiger partial charge in [-0.25, -0.2) is 0 Å². The first kappa shape index (κ1) is 24.0. The number of hydrazone groups is 1. The number of ketones is 1. The molecule has 0 bridgehead atoms. The van der Waals surface area contributed by atoms with Crippen molar-refractivity contribution in [3.05, 3.63) is 0 Å². The molecule has 0 aromatic carbocycles. The molecular weight excluding hydrogens is 398 g/mol. The van der Waals surface area contributed by atoms with Gasteiger partial charge in [-0.1, -0.05) is 13.8 Å². The summed E-state index contributed by atoms with van der Waals surface area (Å²) in [5.74, 6) is 5.08. The zero-order chi connectivity index (χ0) is 22.9. The highest BCUT2D eigenvalue weighted by molar-refractivity contribution is 5.84. The predicted octanol–water partition coefficient (Wildman–Crippen LogP) is 5.14. The van der Waals surface area contributed by atoms with Crippen molar-refractivity contribution in [1.82, 2.24) is 5.43 Å². The van der Waals surface area contributed by atoms with Gasteiger partial charge in [0, 0.05) is 19.1 Å². The average molecular weight is 446 g/mol. The monoisotopic (exact) mass is 445 g/mol. The summed E-state index contributed by atoms with van der Waals surface area (Å²) in [6.07, 6.45) is 13.1. The highest BCUT2D eigenvalue weighted by Crippen LogP contribution is 2.68. The number of nitrogens with one attached hydrogen (secondary N) is 1. The van der Waals surface area contributed by atoms with Crippen molar-refractivity contribution in [2.24, 2.45) is 57.2 Å². The largest absolute Gasteiger partial charge is 0.386 e. The molecule has 5 nitrogen and oxygen atoms in total. The number of nitrogens with two attached hydrogens (primary N) is 1. The van der Waals surface area contributed by atoms with Crippen LogP contribution in [0.4, 0.5) is 0 Å². The smallest absolute Gasteiger partial charge is 0.157 e. The van der Waals surface area contributed by atoms with E-state index in [1.54, 1.807) is 6.92 Å². The third-order valence-electron chi connectivity index (χ3n) is 10.6. The highest BCUT2D eigenvalue weighted by Gasteiger charge is 2.61. The average Bonchev–Trinajstić information content (AvgIpc) is 3.14. The lowest BCUT2D eigenvalue weighted by Gasteiger charge is -2.62. The van der Waals surface area contributed by atoms with Crippen molar-refractivity contribution in [3.8, 4) is 0 Å². The van der Waals surface area contributed by atoms with Crippen molar-refractivity contribution in [2.45, 2.75) is 91.9 Å². The third kappa shape index (κ3) is 4.12. The summed E-state index contributed by atoms with van der Waals surface area (Å²) >= 11 is 0. The lowest BCUT2D eigenvalue weighted by Crippen LogP contribution is -2.55. The van der Waals surface area contributed by atoms with E-state index in [1.165, 1.54) is 57.8 Å². The second kappa shape index (κ2) is 9.64. The number of carbonyl (C=O) groups excluding carboxylic acids is 1. The van der Waals surface area contributed by atoms with E-state index in [-0.39, 0.29) is 11.3 Å². The molecular formula is C27H47N3O2. The zero-order valence-electron chi connectivity index (χ0n) is 21.0. The minimum atomic E-state index is 0.176. The molecule has 0 amide bonds. The van der Waals surface area contributed by atoms with E-state index in [0.29, 0.717) is 23.6 Å². The van der Waals surface area contributed by atoms with Gasteiger partial charge in [-0.15, -0.1) is 0 Å². The van der Waals surface area contributed by atoms with E-state index in [0.717, 1.165) is 49.2 Å². The maximum Gasteiger partial charge on any atom is 0.157 e. The number of amidine groups is 1. The minimum absolute atomic E-state index is 0.176. The summed E-state index contributed by atoms with van der Waals surface area (Å²) in [7, 11) is 0. The van der Waals surface area contributed by atoms with Crippen LogP contribution in [-0.4, -0.2) is 31.4 Å². The molecule has 182 valence electrons. The maximum atomic E-state index is 13.1. The fraction of sp³-hybridized carbons (Fsp3) is 0.926. The topological polar surface area (TPSA) is 76.7 Å². The quantitative estimate of drug-likeness (QED) is 0.308. The Morgan fingerprint density at radius 3 is 2.62 bits per heavy atom. The summed E-state index contributed by atoms with van der Waals surface area (Å²) in [6.45, 7) is 10.9. The summed E-state index contributed by atoms with van der Waals surface area (Å²) in [5.41, 5.74) is 9.24. The van der Waals surface area contributed by atoms with Gasteiger partial charge in [0.15, 0.2) is 5.78 Å². The fourth-order valence-electron chi connectivity index (χ4n) is 9.18. The lowest BCUT2D eigenvalue weighted by atomic mass is 9.43. The third-order valence-corrected chi connectivity index (χ3v) is 10.6. The summed E-state index contributed by atoms with van der Waals surface area (Å²) in [5, 5.41) is 4.03. The Labute approximate surface area is 195 Å². The van der Waals surface area contributed by atoms with E-state index in [1.807, 2.05) is 0 Å². The van der Waals surface area contributed by atoms with E-state index < -0.39 is 0 Å². The first-order valence-corrected chi connectivity index (χ1v) is 13.5. The van der Waals surface area contributed by atoms with Gasteiger partial charge >= 0.3 is 0 Å².